The van der Waals surface area contributed by atoms with E-state index in [9.17, 15) is 19.2 Å². The van der Waals surface area contributed by atoms with Crippen LogP contribution in [0, 0.1) is 17.8 Å². The van der Waals surface area contributed by atoms with Crippen molar-refractivity contribution in [1.82, 2.24) is 15.5 Å². The predicted octanol–water partition coefficient (Wildman–Crippen LogP) is 6.58. The normalized spacial score (nSPS) is 21.5. The van der Waals surface area contributed by atoms with Crippen LogP contribution in [-0.2, 0) is 20.7 Å². The third-order valence-corrected chi connectivity index (χ3v) is 13.7. The van der Waals surface area contributed by atoms with Crippen LogP contribution in [0.5, 0.6) is 11.5 Å². The lowest BCUT2D eigenvalue weighted by Crippen LogP contribution is -2.37. The van der Waals surface area contributed by atoms with E-state index in [1.165, 1.54) is 0 Å². The number of nitrogens with one attached hydrogen (secondary N) is 2. The second-order valence-corrected chi connectivity index (χ2v) is 18.4. The molecule has 1 aliphatic carbocycles. The van der Waals surface area contributed by atoms with Gasteiger partial charge in [0.25, 0.3) is 5.91 Å². The fourth-order valence-electron chi connectivity index (χ4n) is 9.76. The highest BCUT2D eigenvalue weighted by Crippen LogP contribution is 2.44. The van der Waals surface area contributed by atoms with Gasteiger partial charge in [-0.2, -0.15) is 0 Å². The molecule has 4 atom stereocenters. The summed E-state index contributed by atoms with van der Waals surface area (Å²) in [4.78, 5) is 69.0. The number of Topliss-reactive ketones (excluding diaryl/α,β-unsaturated/α-hetero) is 1. The molecule has 5 aliphatic rings. The highest BCUT2D eigenvalue weighted by atomic mass is 16.5. The fourth-order valence-corrected chi connectivity index (χ4v) is 9.76. The first-order valence-electron chi connectivity index (χ1n) is 24.2. The zero-order valence-electron chi connectivity index (χ0n) is 40.3. The van der Waals surface area contributed by atoms with Crippen LogP contribution in [0.1, 0.15) is 116 Å². The van der Waals surface area contributed by atoms with Crippen LogP contribution in [-0.4, -0.2) is 112 Å². The first kappa shape index (κ1) is 49.7. The number of hydrogen-bond donors (Lipinski definition) is 4. The predicted molar refractivity (Wildman–Crippen MR) is 267 cm³/mol. The number of nitrogens with zero attached hydrogens (tertiary/aromatic N) is 4. The van der Waals surface area contributed by atoms with Crippen molar-refractivity contribution >= 4 is 52.5 Å². The van der Waals surface area contributed by atoms with E-state index in [2.05, 4.69) is 51.5 Å². The van der Waals surface area contributed by atoms with E-state index in [0.29, 0.717) is 98.1 Å². The van der Waals surface area contributed by atoms with Gasteiger partial charge in [0.2, 0.25) is 11.8 Å². The molecule has 1 fully saturated rings. The number of ketones is 1. The van der Waals surface area contributed by atoms with E-state index in [4.69, 9.17) is 30.7 Å². The molecule has 2 aromatic carbocycles. The quantitative estimate of drug-likeness (QED) is 0.0833. The Morgan fingerprint density at radius 1 is 0.824 bits per heavy atom. The van der Waals surface area contributed by atoms with Crippen LogP contribution in [0.25, 0.3) is 6.08 Å². The number of benzene rings is 2. The van der Waals surface area contributed by atoms with Crippen LogP contribution in [0.3, 0.4) is 0 Å². The number of nitrogens with two attached hydrogens (primary N) is 2. The average Bonchev–Trinajstić information content (AvgIpc) is 3.33. The average molecular weight is 929 g/mol. The zero-order valence-corrected chi connectivity index (χ0v) is 40.3. The molecule has 4 aliphatic heterocycles. The van der Waals surface area contributed by atoms with Crippen molar-refractivity contribution in [3.8, 4) is 11.5 Å². The van der Waals surface area contributed by atoms with E-state index in [0.717, 1.165) is 91.5 Å². The van der Waals surface area contributed by atoms with Gasteiger partial charge in [-0.25, -0.2) is 4.99 Å². The minimum atomic E-state index is -0.584. The summed E-state index contributed by atoms with van der Waals surface area (Å²) in [5.41, 5.74) is 19.4. The Labute approximate surface area is 400 Å². The van der Waals surface area contributed by atoms with Gasteiger partial charge in [-0.15, -0.1) is 0 Å². The maximum atomic E-state index is 14.1. The van der Waals surface area contributed by atoms with E-state index < -0.39 is 11.8 Å². The van der Waals surface area contributed by atoms with E-state index >= 15 is 0 Å². The third kappa shape index (κ3) is 12.3. The number of carbonyl (C=O) groups is 4. The number of aliphatic imine (C=N–C) groups is 3. The van der Waals surface area contributed by atoms with Gasteiger partial charge in [-0.1, -0.05) is 26.0 Å². The van der Waals surface area contributed by atoms with Crippen molar-refractivity contribution in [1.29, 1.82) is 0 Å². The van der Waals surface area contributed by atoms with Gasteiger partial charge in [0, 0.05) is 126 Å². The minimum absolute atomic E-state index is 0.00668. The molecule has 68 heavy (non-hydrogen) atoms. The Balaban J connectivity index is 1.12. The molecule has 0 saturated carbocycles. The number of amides is 3. The molecule has 7 rings (SSSR count). The Bertz CT molecular complexity index is 2480. The van der Waals surface area contributed by atoms with E-state index in [1.807, 2.05) is 32.1 Å². The lowest BCUT2D eigenvalue weighted by molar-refractivity contribution is -0.117. The number of morpholine rings is 1. The van der Waals surface area contributed by atoms with Crippen LogP contribution in [0.15, 0.2) is 80.4 Å². The lowest BCUT2D eigenvalue weighted by atomic mass is 9.82. The largest absolute Gasteiger partial charge is 0.496 e. The van der Waals surface area contributed by atoms with E-state index in [1.54, 1.807) is 31.4 Å². The van der Waals surface area contributed by atoms with Crippen molar-refractivity contribution in [3.05, 3.63) is 93.2 Å². The maximum absolute atomic E-state index is 14.1. The van der Waals surface area contributed by atoms with Crippen LogP contribution >= 0.6 is 0 Å². The van der Waals surface area contributed by atoms with Crippen molar-refractivity contribution in [3.63, 3.8) is 0 Å². The highest BCUT2D eigenvalue weighted by molar-refractivity contribution is 6.06. The van der Waals surface area contributed by atoms with Gasteiger partial charge in [0.1, 0.15) is 17.3 Å². The first-order valence-corrected chi connectivity index (χ1v) is 24.2. The molecule has 6 N–H and O–H groups in total. The standard InChI is InChI=1S/C53H68N8O7/c1-6-34-30-57-32(3)21-41(34)46(62)13-14-56-49-29-37(50-45(59-49)26-40(52(55)64)28-48(50)66-5)12-9-8-11-36-24-42-38(25-44(36)60-53(65)43-22-33(4)58-31-35(43)7-2)23-39(51(54)63)27-47(42)68-18-10-15-61-16-19-67-20-17-61/h8-9,21-23,25-28,34-37H,6-7,10-20,24,29-31H2,1-5H3,(H2,54,63)(H2,55,64)(H,56,59)(H,60,65)/b9-8+. The van der Waals surface area contributed by atoms with Gasteiger partial charge in [-0.05, 0) is 100 Å². The molecular formula is C53H68N8O7. The SMILES string of the molecule is CCC1CN=C(C)C=C1C(=O)CCNC1=Nc2cc(C(N)=O)cc(OC)c2C(C/C=C/CC2Cc3c(cc(C(N)=O)cc3OCCCN3CCOCC3)C=C2NC(=O)C2=CC(C)=NCC2CC)C1. The van der Waals surface area contributed by atoms with Gasteiger partial charge in [0.15, 0.2) is 5.78 Å². The Kier molecular flexibility index (Phi) is 17.0. The molecule has 0 bridgehead atoms. The maximum Gasteiger partial charge on any atom is 0.251 e. The molecule has 4 unspecified atom stereocenters. The third-order valence-electron chi connectivity index (χ3n) is 13.7. The number of primary amides is 2. The molecule has 0 aromatic heterocycles. The number of amidine groups is 1. The molecule has 0 radical (unpaired) electrons. The second kappa shape index (κ2) is 23.2. The van der Waals surface area contributed by atoms with Gasteiger partial charge in [0.05, 0.1) is 32.6 Å². The number of carbonyl (C=O) groups excluding carboxylic acids is 4. The smallest absolute Gasteiger partial charge is 0.251 e. The fraction of sp³-hybridized carbons (Fsp3) is 0.491. The van der Waals surface area contributed by atoms with Crippen LogP contribution in [0.2, 0.25) is 0 Å². The number of ether oxygens (including phenoxy) is 3. The Hall–Kier alpha value is -6.19. The van der Waals surface area contributed by atoms with Crippen molar-refractivity contribution in [2.24, 2.45) is 44.2 Å². The van der Waals surface area contributed by atoms with Gasteiger partial charge >= 0.3 is 0 Å². The molecule has 4 heterocycles. The lowest BCUT2D eigenvalue weighted by Gasteiger charge is -2.29. The molecule has 3 amide bonds. The van der Waals surface area contributed by atoms with Crippen molar-refractivity contribution < 1.29 is 33.4 Å². The van der Waals surface area contributed by atoms with Crippen LogP contribution < -0.4 is 31.6 Å². The number of rotatable bonds is 20. The number of hydrogen-bond acceptors (Lipinski definition) is 12. The number of dihydropyridines is 2. The minimum Gasteiger partial charge on any atom is -0.496 e. The molecule has 362 valence electrons. The van der Waals surface area contributed by atoms with Crippen molar-refractivity contribution in [2.75, 3.05) is 66.2 Å². The number of methoxy groups -OCH3 is 1. The summed E-state index contributed by atoms with van der Waals surface area (Å²) in [6.07, 6.45) is 15.1. The van der Waals surface area contributed by atoms with Gasteiger partial charge < -0.3 is 36.3 Å². The number of fused-ring (bicyclic) bond motifs is 2. The monoisotopic (exact) mass is 929 g/mol. The molecule has 15 heteroatoms. The van der Waals surface area contributed by atoms with E-state index in [-0.39, 0.29) is 35.4 Å². The summed E-state index contributed by atoms with van der Waals surface area (Å²) in [5.74, 6) is 0.568. The molecule has 2 aromatic rings. The first-order chi connectivity index (χ1) is 32.8. The molecule has 0 spiro atoms. The Morgan fingerprint density at radius 3 is 2.15 bits per heavy atom. The summed E-state index contributed by atoms with van der Waals surface area (Å²) in [7, 11) is 1.57. The highest BCUT2D eigenvalue weighted by Gasteiger charge is 2.31. The summed E-state index contributed by atoms with van der Waals surface area (Å²) in [6.45, 7) is 14.2. The Morgan fingerprint density at radius 2 is 1.47 bits per heavy atom. The van der Waals surface area contributed by atoms with Gasteiger partial charge in [-0.3, -0.25) is 34.1 Å². The summed E-state index contributed by atoms with van der Waals surface area (Å²) in [5, 5.41) is 6.74. The van der Waals surface area contributed by atoms with Crippen molar-refractivity contribution in [2.45, 2.75) is 85.0 Å². The zero-order chi connectivity index (χ0) is 48.3. The molecular weight excluding hydrogens is 861 g/mol. The second-order valence-electron chi connectivity index (χ2n) is 18.4. The summed E-state index contributed by atoms with van der Waals surface area (Å²) < 4.78 is 17.8. The molecule has 15 nitrogen and oxygen atoms in total. The summed E-state index contributed by atoms with van der Waals surface area (Å²) >= 11 is 0. The van der Waals surface area contributed by atoms with Crippen LogP contribution in [0.4, 0.5) is 5.69 Å². The summed E-state index contributed by atoms with van der Waals surface area (Å²) in [6, 6.07) is 6.90. The number of allylic oxidation sites excluding steroid dienone is 5. The molecule has 1 saturated heterocycles. The topological polar surface area (TPSA) is 212 Å².